The van der Waals surface area contributed by atoms with Gasteiger partial charge in [0.15, 0.2) is 0 Å². The van der Waals surface area contributed by atoms with E-state index in [9.17, 15) is 0 Å². The molecule has 3 nitrogen and oxygen atoms in total. The van der Waals surface area contributed by atoms with Crippen LogP contribution in [0.25, 0.3) is 5.57 Å². The maximum absolute atomic E-state index is 4.01. The van der Waals surface area contributed by atoms with E-state index < -0.39 is 0 Å². The van der Waals surface area contributed by atoms with E-state index in [2.05, 4.69) is 22.1 Å². The molecule has 0 radical (unpaired) electrons. The minimum absolute atomic E-state index is 0.914. The summed E-state index contributed by atoms with van der Waals surface area (Å²) >= 11 is 0. The highest BCUT2D eigenvalue weighted by Gasteiger charge is 1.99. The molecule has 0 aliphatic carbocycles. The Morgan fingerprint density at radius 1 is 1.50 bits per heavy atom. The predicted molar refractivity (Wildman–Crippen MR) is 58.8 cm³/mol. The van der Waals surface area contributed by atoms with E-state index in [-0.39, 0.29) is 0 Å². The van der Waals surface area contributed by atoms with Gasteiger partial charge in [0.05, 0.1) is 5.69 Å². The van der Waals surface area contributed by atoms with Crippen molar-refractivity contribution in [2.45, 2.75) is 19.3 Å². The summed E-state index contributed by atoms with van der Waals surface area (Å²) in [7, 11) is 1.97. The molecule has 1 rings (SSSR count). The van der Waals surface area contributed by atoms with Gasteiger partial charge >= 0.3 is 0 Å². The lowest BCUT2D eigenvalue weighted by Crippen LogP contribution is -2.07. The summed E-state index contributed by atoms with van der Waals surface area (Å²) in [5, 5.41) is 11.0. The first kappa shape index (κ1) is 10.9. The van der Waals surface area contributed by atoms with Crippen LogP contribution in [0.1, 0.15) is 25.0 Å². The molecule has 0 atom stereocenters. The van der Waals surface area contributed by atoms with Crippen LogP contribution in [-0.2, 0) is 0 Å². The van der Waals surface area contributed by atoms with E-state index in [4.69, 9.17) is 0 Å². The summed E-state index contributed by atoms with van der Waals surface area (Å²) in [4.78, 5) is 0. The van der Waals surface area contributed by atoms with E-state index in [0.717, 1.165) is 30.7 Å². The maximum Gasteiger partial charge on any atom is 0.0883 e. The number of hydrogen-bond donors (Lipinski definition) is 1. The van der Waals surface area contributed by atoms with Gasteiger partial charge in [-0.15, -0.1) is 0 Å². The van der Waals surface area contributed by atoms with E-state index in [0.29, 0.717) is 0 Å². The molecule has 0 saturated carbocycles. The van der Waals surface area contributed by atoms with Crippen LogP contribution >= 0.6 is 0 Å². The summed E-state index contributed by atoms with van der Waals surface area (Å²) in [6, 6.07) is 3.84. The molecule has 1 aromatic rings. The van der Waals surface area contributed by atoms with Gasteiger partial charge < -0.3 is 5.32 Å². The molecule has 1 heterocycles. The monoisotopic (exact) mass is 191 g/mol. The van der Waals surface area contributed by atoms with Crippen molar-refractivity contribution in [1.82, 2.24) is 15.5 Å². The molecule has 1 N–H and O–H groups in total. The summed E-state index contributed by atoms with van der Waals surface area (Å²) < 4.78 is 0. The number of unbranched alkanes of at least 4 members (excludes halogenated alkanes) is 1. The normalized spacial score (nSPS) is 10.1. The van der Waals surface area contributed by atoms with Crippen molar-refractivity contribution < 1.29 is 0 Å². The first-order valence-corrected chi connectivity index (χ1v) is 4.95. The van der Waals surface area contributed by atoms with Crippen molar-refractivity contribution in [3.05, 3.63) is 30.6 Å². The third-order valence-electron chi connectivity index (χ3n) is 2.09. The smallest absolute Gasteiger partial charge is 0.0883 e. The van der Waals surface area contributed by atoms with E-state index in [1.54, 1.807) is 6.20 Å². The fourth-order valence-electron chi connectivity index (χ4n) is 1.26. The van der Waals surface area contributed by atoms with Gasteiger partial charge in [-0.1, -0.05) is 6.58 Å². The standard InChI is InChI=1S/C11H17N3/c1-10(6-3-4-8-12-2)11-7-5-9-13-14-11/h5,7,9,12H,1,3-4,6,8H2,2H3. The molecule has 76 valence electrons. The number of rotatable bonds is 6. The second kappa shape index (κ2) is 6.27. The van der Waals surface area contributed by atoms with E-state index >= 15 is 0 Å². The van der Waals surface area contributed by atoms with Gasteiger partial charge in [0.1, 0.15) is 0 Å². The SMILES string of the molecule is C=C(CCCCNC)c1cccnn1. The molecule has 0 fully saturated rings. The van der Waals surface area contributed by atoms with Gasteiger partial charge in [0.25, 0.3) is 0 Å². The number of hydrogen-bond acceptors (Lipinski definition) is 3. The summed E-state index contributed by atoms with van der Waals surface area (Å²) in [5.41, 5.74) is 1.99. The van der Waals surface area contributed by atoms with Crippen molar-refractivity contribution >= 4 is 5.57 Å². The summed E-state index contributed by atoms with van der Waals surface area (Å²) in [6.45, 7) is 5.06. The molecule has 0 spiro atoms. The Kier molecular flexibility index (Phi) is 4.86. The second-order valence-electron chi connectivity index (χ2n) is 3.27. The van der Waals surface area contributed by atoms with Gasteiger partial charge in [0, 0.05) is 6.20 Å². The van der Waals surface area contributed by atoms with Crippen molar-refractivity contribution in [3.63, 3.8) is 0 Å². The fraction of sp³-hybridized carbons (Fsp3) is 0.455. The second-order valence-corrected chi connectivity index (χ2v) is 3.27. The minimum Gasteiger partial charge on any atom is -0.320 e. The van der Waals surface area contributed by atoms with Crippen molar-refractivity contribution in [3.8, 4) is 0 Å². The minimum atomic E-state index is 0.914. The molecule has 0 bridgehead atoms. The van der Waals surface area contributed by atoms with Gasteiger partial charge in [0.2, 0.25) is 0 Å². The molecule has 0 aromatic carbocycles. The van der Waals surface area contributed by atoms with Gasteiger partial charge in [-0.2, -0.15) is 10.2 Å². The molecular weight excluding hydrogens is 174 g/mol. The number of nitrogens with zero attached hydrogens (tertiary/aromatic N) is 2. The molecular formula is C11H17N3. The Morgan fingerprint density at radius 3 is 3.00 bits per heavy atom. The first-order valence-electron chi connectivity index (χ1n) is 4.95. The highest BCUT2D eigenvalue weighted by molar-refractivity contribution is 5.59. The van der Waals surface area contributed by atoms with Crippen molar-refractivity contribution in [2.24, 2.45) is 0 Å². The quantitative estimate of drug-likeness (QED) is 0.698. The zero-order chi connectivity index (χ0) is 10.2. The Labute approximate surface area is 85.3 Å². The highest BCUT2D eigenvalue weighted by Crippen LogP contribution is 2.14. The third-order valence-corrected chi connectivity index (χ3v) is 2.09. The number of allylic oxidation sites excluding steroid dienone is 1. The van der Waals surface area contributed by atoms with Crippen LogP contribution < -0.4 is 5.32 Å². The first-order chi connectivity index (χ1) is 6.84. The molecule has 0 aliphatic heterocycles. The van der Waals surface area contributed by atoms with Crippen LogP contribution in [0.15, 0.2) is 24.9 Å². The summed E-state index contributed by atoms with van der Waals surface area (Å²) in [5.74, 6) is 0. The van der Waals surface area contributed by atoms with Crippen molar-refractivity contribution in [2.75, 3.05) is 13.6 Å². The molecule has 0 saturated heterocycles. The van der Waals surface area contributed by atoms with Gasteiger partial charge in [-0.3, -0.25) is 0 Å². The number of aromatic nitrogens is 2. The van der Waals surface area contributed by atoms with Crippen LogP contribution in [0.3, 0.4) is 0 Å². The largest absolute Gasteiger partial charge is 0.320 e. The fourth-order valence-corrected chi connectivity index (χ4v) is 1.26. The Bertz CT molecular complexity index is 269. The van der Waals surface area contributed by atoms with Crippen LogP contribution in [0.5, 0.6) is 0 Å². The molecule has 0 aliphatic rings. The lowest BCUT2D eigenvalue weighted by molar-refractivity contribution is 0.688. The topological polar surface area (TPSA) is 37.8 Å². The zero-order valence-electron chi connectivity index (χ0n) is 8.66. The molecule has 3 heteroatoms. The van der Waals surface area contributed by atoms with Crippen molar-refractivity contribution in [1.29, 1.82) is 0 Å². The molecule has 14 heavy (non-hydrogen) atoms. The Balaban J connectivity index is 2.29. The lowest BCUT2D eigenvalue weighted by Gasteiger charge is -2.03. The lowest BCUT2D eigenvalue weighted by atomic mass is 10.1. The predicted octanol–water partition coefficient (Wildman–Crippen LogP) is 1.88. The molecule has 1 aromatic heterocycles. The zero-order valence-corrected chi connectivity index (χ0v) is 8.66. The summed E-state index contributed by atoms with van der Waals surface area (Å²) in [6.07, 6.45) is 5.00. The maximum atomic E-state index is 4.01. The number of nitrogens with one attached hydrogen (secondary N) is 1. The van der Waals surface area contributed by atoms with Crippen LogP contribution in [0, 0.1) is 0 Å². The average molecular weight is 191 g/mol. The third kappa shape index (κ3) is 3.66. The van der Waals surface area contributed by atoms with Crippen LogP contribution in [-0.4, -0.2) is 23.8 Å². The van der Waals surface area contributed by atoms with Crippen LogP contribution in [0.4, 0.5) is 0 Å². The van der Waals surface area contributed by atoms with E-state index in [1.807, 2.05) is 19.2 Å². The van der Waals surface area contributed by atoms with Gasteiger partial charge in [-0.05, 0) is 50.6 Å². The molecule has 0 unspecified atom stereocenters. The Hall–Kier alpha value is -1.22. The average Bonchev–Trinajstić information content (AvgIpc) is 2.25. The Morgan fingerprint density at radius 2 is 2.36 bits per heavy atom. The molecule has 0 amide bonds. The highest BCUT2D eigenvalue weighted by atomic mass is 15.1. The van der Waals surface area contributed by atoms with Gasteiger partial charge in [-0.25, -0.2) is 0 Å². The van der Waals surface area contributed by atoms with E-state index in [1.165, 1.54) is 6.42 Å². The van der Waals surface area contributed by atoms with Crippen LogP contribution in [0.2, 0.25) is 0 Å².